The van der Waals surface area contributed by atoms with Gasteiger partial charge in [-0.15, -0.1) is 0 Å². The molecule has 1 aliphatic rings. The molecule has 2 amide bonds. The van der Waals surface area contributed by atoms with Gasteiger partial charge in [0, 0.05) is 24.2 Å². The van der Waals surface area contributed by atoms with Crippen LogP contribution in [0, 0.1) is 5.82 Å². The maximum absolute atomic E-state index is 13.9. The Morgan fingerprint density at radius 1 is 1.19 bits per heavy atom. The van der Waals surface area contributed by atoms with Crippen LogP contribution in [0.5, 0.6) is 5.75 Å². The topological polar surface area (TPSA) is 88.1 Å². The van der Waals surface area contributed by atoms with Crippen LogP contribution in [0.25, 0.3) is 0 Å². The Morgan fingerprint density at radius 3 is 2.56 bits per heavy atom. The third-order valence-corrected chi connectivity index (χ3v) is 4.75. The second kappa shape index (κ2) is 9.86. The molecule has 1 atom stereocenters. The molecule has 0 radical (unpaired) electrons. The number of carbonyl (C=O) groups is 2. The van der Waals surface area contributed by atoms with Crippen molar-refractivity contribution < 1.29 is 41.7 Å². The number of alkyl halides is 3. The van der Waals surface area contributed by atoms with Crippen LogP contribution < -0.4 is 5.32 Å². The minimum Gasteiger partial charge on any atom is -0.508 e. The van der Waals surface area contributed by atoms with Gasteiger partial charge in [0.05, 0.1) is 24.8 Å². The Kier molecular flexibility index (Phi) is 7.18. The third kappa shape index (κ3) is 6.10. The van der Waals surface area contributed by atoms with E-state index in [2.05, 4.69) is 5.32 Å². The first-order valence-corrected chi connectivity index (χ1v) is 9.59. The van der Waals surface area contributed by atoms with E-state index in [4.69, 9.17) is 9.47 Å². The van der Waals surface area contributed by atoms with Gasteiger partial charge >= 0.3 is 12.3 Å². The van der Waals surface area contributed by atoms with Crippen molar-refractivity contribution in [1.82, 2.24) is 10.2 Å². The number of amides is 2. The second-order valence-corrected chi connectivity index (χ2v) is 7.05. The first-order valence-electron chi connectivity index (χ1n) is 9.59. The molecular weight excluding hydrogens is 436 g/mol. The number of rotatable bonds is 5. The number of phenolic OH excluding ortho intramolecular Hbond substituents is 1. The average molecular weight is 456 g/mol. The van der Waals surface area contributed by atoms with Gasteiger partial charge in [0.2, 0.25) is 0 Å². The lowest BCUT2D eigenvalue weighted by Crippen LogP contribution is -2.49. The highest BCUT2D eigenvalue weighted by atomic mass is 19.4. The van der Waals surface area contributed by atoms with Crippen molar-refractivity contribution in [3.8, 4) is 5.75 Å². The van der Waals surface area contributed by atoms with Gasteiger partial charge in [0.25, 0.3) is 5.91 Å². The summed E-state index contributed by atoms with van der Waals surface area (Å²) in [5, 5.41) is 11.9. The lowest BCUT2D eigenvalue weighted by Gasteiger charge is -2.32. The van der Waals surface area contributed by atoms with Crippen molar-refractivity contribution in [3.05, 3.63) is 65.0 Å². The highest BCUT2D eigenvalue weighted by Gasteiger charge is 2.31. The van der Waals surface area contributed by atoms with Gasteiger partial charge in [0.15, 0.2) is 0 Å². The van der Waals surface area contributed by atoms with Crippen LogP contribution in [0.1, 0.15) is 21.5 Å². The number of hydrogen-bond donors (Lipinski definition) is 2. The van der Waals surface area contributed by atoms with E-state index >= 15 is 0 Å². The molecule has 0 unspecified atom stereocenters. The summed E-state index contributed by atoms with van der Waals surface area (Å²) in [6.07, 6.45) is -5.96. The minimum absolute atomic E-state index is 0.0301. The van der Waals surface area contributed by atoms with E-state index < -0.39 is 36.4 Å². The van der Waals surface area contributed by atoms with Gasteiger partial charge in [0.1, 0.15) is 18.2 Å². The van der Waals surface area contributed by atoms with E-state index in [1.54, 1.807) is 0 Å². The predicted octanol–water partition coefficient (Wildman–Crippen LogP) is 3.32. The Morgan fingerprint density at radius 2 is 1.91 bits per heavy atom. The third-order valence-electron chi connectivity index (χ3n) is 4.75. The van der Waals surface area contributed by atoms with Crippen LogP contribution in [0.2, 0.25) is 0 Å². The van der Waals surface area contributed by atoms with Crippen LogP contribution in [0.3, 0.4) is 0 Å². The number of ether oxygens (including phenoxy) is 2. The molecule has 1 saturated heterocycles. The lowest BCUT2D eigenvalue weighted by molar-refractivity contribution is -0.137. The molecule has 32 heavy (non-hydrogen) atoms. The summed E-state index contributed by atoms with van der Waals surface area (Å²) in [6, 6.07) is 7.66. The van der Waals surface area contributed by atoms with Gasteiger partial charge in [-0.05, 0) is 36.4 Å². The molecule has 3 rings (SSSR count). The number of morpholine rings is 1. The van der Waals surface area contributed by atoms with E-state index in [1.807, 2.05) is 0 Å². The van der Waals surface area contributed by atoms with E-state index in [-0.39, 0.29) is 43.5 Å². The van der Waals surface area contributed by atoms with E-state index in [1.165, 1.54) is 29.2 Å². The summed E-state index contributed by atoms with van der Waals surface area (Å²) in [5.41, 5.74) is -0.971. The fourth-order valence-corrected chi connectivity index (χ4v) is 3.00. The molecule has 2 aromatic rings. The van der Waals surface area contributed by atoms with Crippen LogP contribution in [-0.2, 0) is 22.3 Å². The van der Waals surface area contributed by atoms with Crippen molar-refractivity contribution in [2.75, 3.05) is 26.2 Å². The molecule has 172 valence electrons. The highest BCUT2D eigenvalue weighted by Crippen LogP contribution is 2.30. The summed E-state index contributed by atoms with van der Waals surface area (Å²) in [7, 11) is 0. The number of phenols is 1. The van der Waals surface area contributed by atoms with Crippen molar-refractivity contribution in [1.29, 1.82) is 0 Å². The summed E-state index contributed by atoms with van der Waals surface area (Å²) >= 11 is 0. The van der Waals surface area contributed by atoms with Crippen LogP contribution in [0.4, 0.5) is 22.4 Å². The standard InChI is InChI=1S/C21H20F4N2O5/c22-18-9-15(21(23,24)25)4-1-14(18)12-32-20(30)27-7-8-31-17(11-27)10-26-19(29)13-2-5-16(28)6-3-13/h1-6,9,17,28H,7-8,10-12H2,(H,26,29)/t17-/m1/s1. The zero-order chi connectivity index (χ0) is 23.3. The van der Waals surface area contributed by atoms with Gasteiger partial charge in [-0.25, -0.2) is 9.18 Å². The molecule has 0 aromatic heterocycles. The van der Waals surface area contributed by atoms with Crippen molar-refractivity contribution >= 4 is 12.0 Å². The Labute approximate surface area is 180 Å². The van der Waals surface area contributed by atoms with Crippen molar-refractivity contribution in [2.24, 2.45) is 0 Å². The van der Waals surface area contributed by atoms with Gasteiger partial charge in [-0.3, -0.25) is 4.79 Å². The molecule has 11 heteroatoms. The quantitative estimate of drug-likeness (QED) is 0.674. The van der Waals surface area contributed by atoms with Gasteiger partial charge in [-0.2, -0.15) is 13.2 Å². The van der Waals surface area contributed by atoms with E-state index in [0.717, 1.165) is 6.07 Å². The van der Waals surface area contributed by atoms with Gasteiger partial charge < -0.3 is 24.8 Å². The molecule has 0 aliphatic carbocycles. The molecule has 2 N–H and O–H groups in total. The molecule has 1 fully saturated rings. The molecule has 1 heterocycles. The largest absolute Gasteiger partial charge is 0.508 e. The number of aromatic hydroxyl groups is 1. The summed E-state index contributed by atoms with van der Waals surface area (Å²) in [6.45, 7) is 0.0733. The Balaban J connectivity index is 1.49. The number of halogens is 4. The first-order chi connectivity index (χ1) is 15.1. The van der Waals surface area contributed by atoms with Crippen LogP contribution in [-0.4, -0.2) is 54.4 Å². The number of nitrogens with one attached hydrogen (secondary N) is 1. The van der Waals surface area contributed by atoms with Gasteiger partial charge in [-0.1, -0.05) is 6.07 Å². The van der Waals surface area contributed by atoms with E-state index in [0.29, 0.717) is 17.7 Å². The lowest BCUT2D eigenvalue weighted by atomic mass is 10.1. The number of carbonyl (C=O) groups excluding carboxylic acids is 2. The predicted molar refractivity (Wildman–Crippen MR) is 103 cm³/mol. The monoisotopic (exact) mass is 456 g/mol. The van der Waals surface area contributed by atoms with Crippen LogP contribution in [0.15, 0.2) is 42.5 Å². The molecule has 7 nitrogen and oxygen atoms in total. The smallest absolute Gasteiger partial charge is 0.416 e. The first kappa shape index (κ1) is 23.3. The minimum atomic E-state index is -4.67. The zero-order valence-electron chi connectivity index (χ0n) is 16.7. The normalized spacial score (nSPS) is 16.5. The molecule has 1 aliphatic heterocycles. The van der Waals surface area contributed by atoms with Crippen LogP contribution >= 0.6 is 0 Å². The number of benzene rings is 2. The van der Waals surface area contributed by atoms with Crippen molar-refractivity contribution in [2.45, 2.75) is 18.9 Å². The fraction of sp³-hybridized carbons (Fsp3) is 0.333. The Hall–Kier alpha value is -3.34. The molecule has 2 aromatic carbocycles. The average Bonchev–Trinajstić information content (AvgIpc) is 2.76. The number of nitrogens with zero attached hydrogens (tertiary/aromatic N) is 1. The van der Waals surface area contributed by atoms with E-state index in [9.17, 15) is 32.3 Å². The summed E-state index contributed by atoms with van der Waals surface area (Å²) in [5.74, 6) is -1.47. The summed E-state index contributed by atoms with van der Waals surface area (Å²) < 4.78 is 62.3. The molecule has 0 bridgehead atoms. The maximum Gasteiger partial charge on any atom is 0.416 e. The fourth-order valence-electron chi connectivity index (χ4n) is 3.00. The zero-order valence-corrected chi connectivity index (χ0v) is 16.7. The second-order valence-electron chi connectivity index (χ2n) is 7.05. The molecule has 0 spiro atoms. The SMILES string of the molecule is O=C(NC[C@@H]1CN(C(=O)OCc2ccc(C(F)(F)F)cc2F)CCO1)c1ccc(O)cc1. The maximum atomic E-state index is 13.9. The Bertz CT molecular complexity index is 966. The highest BCUT2D eigenvalue weighted by molar-refractivity contribution is 5.94. The summed E-state index contributed by atoms with van der Waals surface area (Å²) in [4.78, 5) is 25.7. The molecule has 0 saturated carbocycles. The number of hydrogen-bond acceptors (Lipinski definition) is 5. The molecular formula is C21H20F4N2O5. The van der Waals surface area contributed by atoms with Crippen molar-refractivity contribution in [3.63, 3.8) is 0 Å².